The van der Waals surface area contributed by atoms with Crippen LogP contribution in [0.15, 0.2) is 48.8 Å². The fraction of sp³-hybridized carbons (Fsp3) is 0.158. The molecule has 150 valence electrons. The number of halogens is 3. The van der Waals surface area contributed by atoms with Crippen LogP contribution in [0, 0.1) is 24.0 Å². The molecule has 0 aliphatic carbocycles. The zero-order valence-corrected chi connectivity index (χ0v) is 15.4. The Balaban J connectivity index is 2.04. The maximum absolute atomic E-state index is 13.2. The van der Waals surface area contributed by atoms with Crippen molar-refractivity contribution in [3.05, 3.63) is 75.6 Å². The number of para-hydroxylation sites is 1. The first kappa shape index (κ1) is 20.1. The number of rotatable bonds is 5. The van der Waals surface area contributed by atoms with Crippen LogP contribution in [0.3, 0.4) is 0 Å². The molecule has 1 aromatic heterocycles. The van der Waals surface area contributed by atoms with Crippen molar-refractivity contribution in [3.63, 3.8) is 0 Å². The summed E-state index contributed by atoms with van der Waals surface area (Å²) in [7, 11) is 0. The van der Waals surface area contributed by atoms with Crippen molar-refractivity contribution < 1.29 is 18.1 Å². The van der Waals surface area contributed by atoms with E-state index in [-0.39, 0.29) is 17.3 Å². The minimum absolute atomic E-state index is 0.135. The Morgan fingerprint density at radius 3 is 2.17 bits per heavy atom. The third-order valence-corrected chi connectivity index (χ3v) is 4.13. The first-order chi connectivity index (χ1) is 13.7. The fourth-order valence-corrected chi connectivity index (χ4v) is 2.78. The number of hydrogen-bond acceptors (Lipinski definition) is 6. The molecule has 10 heteroatoms. The van der Waals surface area contributed by atoms with Crippen LogP contribution in [0.4, 0.5) is 41.9 Å². The molecule has 2 N–H and O–H groups in total. The second-order valence-electron chi connectivity index (χ2n) is 6.29. The number of aromatic nitrogens is 2. The summed E-state index contributed by atoms with van der Waals surface area (Å²) in [4.78, 5) is 18.6. The molecule has 0 amide bonds. The van der Waals surface area contributed by atoms with E-state index in [0.29, 0.717) is 5.69 Å². The molecule has 7 nitrogen and oxygen atoms in total. The van der Waals surface area contributed by atoms with Crippen molar-refractivity contribution in [1.82, 2.24) is 9.97 Å². The summed E-state index contributed by atoms with van der Waals surface area (Å²) >= 11 is 0. The highest BCUT2D eigenvalue weighted by Gasteiger charge is 2.34. The van der Waals surface area contributed by atoms with Gasteiger partial charge in [-0.25, -0.2) is 9.97 Å². The second-order valence-corrected chi connectivity index (χ2v) is 6.29. The molecule has 0 bridgehead atoms. The van der Waals surface area contributed by atoms with Gasteiger partial charge in [-0.05, 0) is 37.6 Å². The number of hydrogen-bond donors (Lipinski definition) is 2. The molecular weight excluding hydrogens is 387 g/mol. The fourth-order valence-electron chi connectivity index (χ4n) is 2.78. The van der Waals surface area contributed by atoms with Gasteiger partial charge in [0.25, 0.3) is 0 Å². The van der Waals surface area contributed by atoms with Crippen LogP contribution < -0.4 is 10.6 Å². The largest absolute Gasteiger partial charge is 0.418 e. The molecule has 0 unspecified atom stereocenters. The van der Waals surface area contributed by atoms with Crippen LogP contribution in [0.5, 0.6) is 0 Å². The molecule has 0 saturated heterocycles. The lowest BCUT2D eigenvalue weighted by Gasteiger charge is -2.15. The van der Waals surface area contributed by atoms with E-state index >= 15 is 0 Å². The van der Waals surface area contributed by atoms with Gasteiger partial charge in [-0.2, -0.15) is 13.2 Å². The average molecular weight is 403 g/mol. The Kier molecular flexibility index (Phi) is 5.35. The number of aryl methyl sites for hydroxylation is 2. The molecule has 0 fully saturated rings. The molecule has 0 aliphatic rings. The van der Waals surface area contributed by atoms with E-state index in [9.17, 15) is 23.3 Å². The van der Waals surface area contributed by atoms with Crippen LogP contribution in [0.25, 0.3) is 0 Å². The lowest BCUT2D eigenvalue weighted by Crippen LogP contribution is -2.11. The first-order valence-electron chi connectivity index (χ1n) is 8.43. The van der Waals surface area contributed by atoms with E-state index in [2.05, 4.69) is 20.6 Å². The van der Waals surface area contributed by atoms with Gasteiger partial charge in [0.15, 0.2) is 0 Å². The van der Waals surface area contributed by atoms with Gasteiger partial charge in [0.05, 0.1) is 16.2 Å². The van der Waals surface area contributed by atoms with Crippen LogP contribution in [0.2, 0.25) is 0 Å². The smallest absolute Gasteiger partial charge is 0.334 e. The maximum atomic E-state index is 13.2. The lowest BCUT2D eigenvalue weighted by molar-refractivity contribution is -0.383. The molecule has 3 aromatic rings. The standard InChI is InChI=1S/C19H16F3N5O2/c1-11-7-8-14(12(2)9-11)25-17-16(27(28)29)18(24-10-23-17)26-15-6-4-3-5-13(15)19(20,21)22/h3-10H,1-2H3,(H2,23,24,25,26). The van der Waals surface area contributed by atoms with Crippen molar-refractivity contribution in [2.24, 2.45) is 0 Å². The van der Waals surface area contributed by atoms with E-state index in [1.165, 1.54) is 18.2 Å². The third-order valence-electron chi connectivity index (χ3n) is 4.13. The van der Waals surface area contributed by atoms with E-state index in [4.69, 9.17) is 0 Å². The number of alkyl halides is 3. The highest BCUT2D eigenvalue weighted by Crippen LogP contribution is 2.38. The van der Waals surface area contributed by atoms with E-state index in [1.807, 2.05) is 26.0 Å². The van der Waals surface area contributed by atoms with Crippen molar-refractivity contribution in [2.45, 2.75) is 20.0 Å². The van der Waals surface area contributed by atoms with Crippen molar-refractivity contribution in [3.8, 4) is 0 Å². The number of nitrogens with zero attached hydrogens (tertiary/aromatic N) is 3. The number of nitrogens with one attached hydrogen (secondary N) is 2. The van der Waals surface area contributed by atoms with Crippen molar-refractivity contribution >= 4 is 28.7 Å². The Morgan fingerprint density at radius 1 is 0.966 bits per heavy atom. The molecule has 0 saturated carbocycles. The van der Waals surface area contributed by atoms with Gasteiger partial charge in [0.1, 0.15) is 6.33 Å². The first-order valence-corrected chi connectivity index (χ1v) is 8.43. The lowest BCUT2D eigenvalue weighted by atomic mass is 10.1. The van der Waals surface area contributed by atoms with Gasteiger partial charge >= 0.3 is 11.9 Å². The molecule has 29 heavy (non-hydrogen) atoms. The SMILES string of the molecule is Cc1ccc(Nc2ncnc(Nc3ccccc3C(F)(F)F)c2[N+](=O)[O-])c(C)c1. The summed E-state index contributed by atoms with van der Waals surface area (Å²) in [6.07, 6.45) is -3.59. The molecule has 0 radical (unpaired) electrons. The van der Waals surface area contributed by atoms with Gasteiger partial charge in [-0.15, -0.1) is 0 Å². The monoisotopic (exact) mass is 403 g/mol. The van der Waals surface area contributed by atoms with Crippen LogP contribution in [-0.4, -0.2) is 14.9 Å². The van der Waals surface area contributed by atoms with E-state index in [1.54, 1.807) is 6.07 Å². The van der Waals surface area contributed by atoms with Crippen molar-refractivity contribution in [1.29, 1.82) is 0 Å². The summed E-state index contributed by atoms with van der Waals surface area (Å²) in [5.41, 5.74) is 0.547. The second kappa shape index (κ2) is 7.74. The molecule has 2 aromatic carbocycles. The Bertz CT molecular complexity index is 1070. The molecule has 3 rings (SSSR count). The van der Waals surface area contributed by atoms with E-state index in [0.717, 1.165) is 23.5 Å². The minimum atomic E-state index is -4.63. The summed E-state index contributed by atoms with van der Waals surface area (Å²) in [6.45, 7) is 3.73. The molecule has 0 aliphatic heterocycles. The summed E-state index contributed by atoms with van der Waals surface area (Å²) in [6, 6.07) is 10.1. The predicted molar refractivity (Wildman–Crippen MR) is 103 cm³/mol. The predicted octanol–water partition coefficient (Wildman–Crippen LogP) is 5.51. The Hall–Kier alpha value is -3.69. The normalized spacial score (nSPS) is 11.2. The zero-order chi connectivity index (χ0) is 21.2. The number of benzene rings is 2. The Morgan fingerprint density at radius 2 is 1.59 bits per heavy atom. The van der Waals surface area contributed by atoms with Gasteiger partial charge in [-0.3, -0.25) is 10.1 Å². The highest BCUT2D eigenvalue weighted by atomic mass is 19.4. The average Bonchev–Trinajstić information content (AvgIpc) is 2.63. The topological polar surface area (TPSA) is 93.0 Å². The molecule has 0 spiro atoms. The zero-order valence-electron chi connectivity index (χ0n) is 15.4. The van der Waals surface area contributed by atoms with Gasteiger partial charge in [0, 0.05) is 5.69 Å². The van der Waals surface area contributed by atoms with Gasteiger partial charge in [-0.1, -0.05) is 29.8 Å². The number of nitro groups is 1. The van der Waals surface area contributed by atoms with Gasteiger partial charge < -0.3 is 10.6 Å². The molecule has 1 heterocycles. The third kappa shape index (κ3) is 4.42. The minimum Gasteiger partial charge on any atom is -0.334 e. The van der Waals surface area contributed by atoms with Crippen LogP contribution >= 0.6 is 0 Å². The summed E-state index contributed by atoms with van der Waals surface area (Å²) < 4.78 is 39.7. The van der Waals surface area contributed by atoms with Gasteiger partial charge in [0.2, 0.25) is 11.6 Å². The van der Waals surface area contributed by atoms with Crippen LogP contribution in [-0.2, 0) is 6.18 Å². The Labute approximate surface area is 163 Å². The maximum Gasteiger partial charge on any atom is 0.418 e. The summed E-state index contributed by atoms with van der Waals surface area (Å²) in [5, 5.41) is 17.0. The quantitative estimate of drug-likeness (QED) is 0.431. The van der Waals surface area contributed by atoms with E-state index < -0.39 is 22.4 Å². The van der Waals surface area contributed by atoms with Crippen molar-refractivity contribution in [2.75, 3.05) is 10.6 Å². The molecular formula is C19H16F3N5O2. The molecule has 0 atom stereocenters. The van der Waals surface area contributed by atoms with Crippen LogP contribution in [0.1, 0.15) is 16.7 Å². The summed E-state index contributed by atoms with van der Waals surface area (Å²) in [5.74, 6) is -0.488. The number of anilines is 4. The highest BCUT2D eigenvalue weighted by molar-refractivity contribution is 5.78.